The van der Waals surface area contributed by atoms with E-state index in [1.807, 2.05) is 11.7 Å². The summed E-state index contributed by atoms with van der Waals surface area (Å²) in [6.07, 6.45) is 2.45. The van der Waals surface area contributed by atoms with E-state index in [0.29, 0.717) is 0 Å². The van der Waals surface area contributed by atoms with E-state index in [9.17, 15) is 0 Å². The van der Waals surface area contributed by atoms with Crippen LogP contribution in [0.15, 0.2) is 29.0 Å². The fraction of sp³-hybridized carbons (Fsp3) is 0.429. The number of hydrogen-bond acceptors (Lipinski definition) is 3. The van der Waals surface area contributed by atoms with Crippen molar-refractivity contribution in [1.29, 1.82) is 0 Å². The number of likely N-dealkylation sites (N-methyl/N-ethyl adjacent to an activating group) is 1. The Bertz CT molecular complexity index is 550. The smallest absolute Gasteiger partial charge is 0.138 e. The molecular weight excluding hydrogens is 304 g/mol. The molecule has 4 nitrogen and oxygen atoms in total. The molecule has 1 N–H and O–H groups in total. The van der Waals surface area contributed by atoms with Crippen LogP contribution in [0, 0.1) is 6.92 Å². The van der Waals surface area contributed by atoms with Gasteiger partial charge in [-0.1, -0.05) is 28.1 Å². The van der Waals surface area contributed by atoms with Gasteiger partial charge in [0.2, 0.25) is 0 Å². The lowest BCUT2D eigenvalue weighted by Gasteiger charge is -2.17. The number of aryl methyl sites for hydroxylation is 2. The fourth-order valence-corrected chi connectivity index (χ4v) is 2.50. The number of aromatic nitrogens is 3. The first-order valence-electron chi connectivity index (χ1n) is 6.45. The Kier molecular flexibility index (Phi) is 4.71. The molecule has 0 radical (unpaired) electrons. The third-order valence-electron chi connectivity index (χ3n) is 3.33. The first-order chi connectivity index (χ1) is 9.15. The van der Waals surface area contributed by atoms with Crippen molar-refractivity contribution in [2.45, 2.75) is 32.9 Å². The van der Waals surface area contributed by atoms with Gasteiger partial charge in [0, 0.05) is 23.5 Å². The summed E-state index contributed by atoms with van der Waals surface area (Å²) < 4.78 is 3.08. The van der Waals surface area contributed by atoms with E-state index in [2.05, 4.69) is 63.4 Å². The molecule has 0 fully saturated rings. The van der Waals surface area contributed by atoms with Crippen LogP contribution in [0.3, 0.4) is 0 Å². The van der Waals surface area contributed by atoms with E-state index in [1.54, 1.807) is 6.33 Å². The van der Waals surface area contributed by atoms with Crippen LogP contribution in [0.2, 0.25) is 0 Å². The van der Waals surface area contributed by atoms with E-state index < -0.39 is 0 Å². The van der Waals surface area contributed by atoms with Gasteiger partial charge >= 0.3 is 0 Å². The SMILES string of the molecule is CCn1ncnc1CC(NC)c1ccc(C)c(Br)c1. The fourth-order valence-electron chi connectivity index (χ4n) is 2.11. The molecule has 1 aromatic heterocycles. The highest BCUT2D eigenvalue weighted by Gasteiger charge is 2.14. The second kappa shape index (κ2) is 6.30. The van der Waals surface area contributed by atoms with Crippen LogP contribution in [0.4, 0.5) is 0 Å². The molecule has 1 aromatic carbocycles. The predicted molar refractivity (Wildman–Crippen MR) is 80.1 cm³/mol. The summed E-state index contributed by atoms with van der Waals surface area (Å²) in [6.45, 7) is 5.02. The lowest BCUT2D eigenvalue weighted by Crippen LogP contribution is -2.21. The molecule has 1 heterocycles. The second-order valence-electron chi connectivity index (χ2n) is 4.55. The van der Waals surface area contributed by atoms with Crippen LogP contribution in [0.1, 0.15) is 29.9 Å². The highest BCUT2D eigenvalue weighted by Crippen LogP contribution is 2.23. The molecule has 0 saturated heterocycles. The molecule has 19 heavy (non-hydrogen) atoms. The third kappa shape index (κ3) is 3.22. The number of hydrogen-bond donors (Lipinski definition) is 1. The largest absolute Gasteiger partial charge is 0.313 e. The number of benzene rings is 1. The molecule has 0 aliphatic carbocycles. The van der Waals surface area contributed by atoms with Crippen molar-refractivity contribution in [3.63, 3.8) is 0 Å². The van der Waals surface area contributed by atoms with Gasteiger partial charge in [-0.15, -0.1) is 0 Å². The molecule has 0 aliphatic rings. The maximum absolute atomic E-state index is 4.34. The molecule has 2 rings (SSSR count). The van der Waals surface area contributed by atoms with Crippen LogP contribution in [0.5, 0.6) is 0 Å². The number of halogens is 1. The van der Waals surface area contributed by atoms with Gasteiger partial charge in [-0.2, -0.15) is 5.10 Å². The van der Waals surface area contributed by atoms with Crippen LogP contribution in [-0.2, 0) is 13.0 Å². The number of nitrogens with one attached hydrogen (secondary N) is 1. The maximum Gasteiger partial charge on any atom is 0.138 e. The Labute approximate surface area is 122 Å². The van der Waals surface area contributed by atoms with Crippen LogP contribution < -0.4 is 5.32 Å². The molecule has 0 aliphatic heterocycles. The Balaban J connectivity index is 2.22. The number of rotatable bonds is 5. The first-order valence-corrected chi connectivity index (χ1v) is 7.25. The summed E-state index contributed by atoms with van der Waals surface area (Å²) in [5.41, 5.74) is 2.50. The van der Waals surface area contributed by atoms with Gasteiger partial charge in [-0.25, -0.2) is 4.98 Å². The average Bonchev–Trinajstić information content (AvgIpc) is 2.86. The Morgan fingerprint density at radius 1 is 1.42 bits per heavy atom. The van der Waals surface area contributed by atoms with Crippen LogP contribution in [-0.4, -0.2) is 21.8 Å². The van der Waals surface area contributed by atoms with E-state index in [4.69, 9.17) is 0 Å². The summed E-state index contributed by atoms with van der Waals surface area (Å²) in [5.74, 6) is 1.01. The molecule has 2 aromatic rings. The normalized spacial score (nSPS) is 12.6. The molecule has 0 saturated carbocycles. The Morgan fingerprint density at radius 3 is 2.84 bits per heavy atom. The summed E-state index contributed by atoms with van der Waals surface area (Å²) in [5, 5.41) is 7.57. The van der Waals surface area contributed by atoms with Crippen molar-refractivity contribution in [3.8, 4) is 0 Å². The van der Waals surface area contributed by atoms with Gasteiger partial charge in [-0.3, -0.25) is 4.68 Å². The van der Waals surface area contributed by atoms with Crippen molar-refractivity contribution < 1.29 is 0 Å². The molecule has 0 spiro atoms. The summed E-state index contributed by atoms with van der Waals surface area (Å²) in [7, 11) is 1.98. The quantitative estimate of drug-likeness (QED) is 0.920. The van der Waals surface area contributed by atoms with E-state index in [1.165, 1.54) is 11.1 Å². The molecule has 102 valence electrons. The van der Waals surface area contributed by atoms with Crippen molar-refractivity contribution in [3.05, 3.63) is 46.0 Å². The van der Waals surface area contributed by atoms with Crippen LogP contribution >= 0.6 is 15.9 Å². The minimum Gasteiger partial charge on any atom is -0.313 e. The maximum atomic E-state index is 4.34. The zero-order chi connectivity index (χ0) is 13.8. The van der Waals surface area contributed by atoms with Gasteiger partial charge in [0.15, 0.2) is 0 Å². The third-order valence-corrected chi connectivity index (χ3v) is 4.18. The van der Waals surface area contributed by atoms with Crippen molar-refractivity contribution in [2.24, 2.45) is 0 Å². The molecule has 0 amide bonds. The van der Waals surface area contributed by atoms with Gasteiger partial charge < -0.3 is 5.32 Å². The lowest BCUT2D eigenvalue weighted by molar-refractivity contribution is 0.533. The highest BCUT2D eigenvalue weighted by molar-refractivity contribution is 9.10. The summed E-state index contributed by atoms with van der Waals surface area (Å²) >= 11 is 3.59. The minimum atomic E-state index is 0.242. The van der Waals surface area contributed by atoms with Crippen molar-refractivity contribution >= 4 is 15.9 Å². The number of nitrogens with zero attached hydrogens (tertiary/aromatic N) is 3. The van der Waals surface area contributed by atoms with E-state index in [0.717, 1.165) is 23.3 Å². The van der Waals surface area contributed by atoms with E-state index in [-0.39, 0.29) is 6.04 Å². The van der Waals surface area contributed by atoms with Crippen molar-refractivity contribution in [2.75, 3.05) is 7.05 Å². The van der Waals surface area contributed by atoms with Gasteiger partial charge in [0.25, 0.3) is 0 Å². The van der Waals surface area contributed by atoms with Gasteiger partial charge in [-0.05, 0) is 38.1 Å². The molecule has 1 unspecified atom stereocenters. The predicted octanol–water partition coefficient (Wildman–Crippen LogP) is 2.87. The van der Waals surface area contributed by atoms with Crippen molar-refractivity contribution in [1.82, 2.24) is 20.1 Å². The zero-order valence-corrected chi connectivity index (χ0v) is 13.1. The monoisotopic (exact) mass is 322 g/mol. The lowest BCUT2D eigenvalue weighted by atomic mass is 10.0. The Hall–Kier alpha value is -1.20. The summed E-state index contributed by atoms with van der Waals surface area (Å²) in [6, 6.07) is 6.71. The molecule has 5 heteroatoms. The zero-order valence-electron chi connectivity index (χ0n) is 11.5. The standard InChI is InChI=1S/C14H19BrN4/c1-4-19-14(17-9-18-19)8-13(16-3)11-6-5-10(2)12(15)7-11/h5-7,9,13,16H,4,8H2,1-3H3. The highest BCUT2D eigenvalue weighted by atomic mass is 79.9. The molecule has 1 atom stereocenters. The second-order valence-corrected chi connectivity index (χ2v) is 5.40. The van der Waals surface area contributed by atoms with Crippen LogP contribution in [0.25, 0.3) is 0 Å². The Morgan fingerprint density at radius 2 is 2.21 bits per heavy atom. The summed E-state index contributed by atoms with van der Waals surface area (Å²) in [4.78, 5) is 4.34. The minimum absolute atomic E-state index is 0.242. The topological polar surface area (TPSA) is 42.7 Å². The van der Waals surface area contributed by atoms with E-state index >= 15 is 0 Å². The molecular formula is C14H19BrN4. The van der Waals surface area contributed by atoms with Gasteiger partial charge in [0.05, 0.1) is 0 Å². The molecule has 0 bridgehead atoms. The average molecular weight is 323 g/mol. The van der Waals surface area contributed by atoms with Gasteiger partial charge in [0.1, 0.15) is 12.2 Å². The first kappa shape index (κ1) is 14.2.